The van der Waals surface area contributed by atoms with Gasteiger partial charge in [0.05, 0.1) is 30.2 Å². The first-order valence-corrected chi connectivity index (χ1v) is 11.7. The Morgan fingerprint density at radius 1 is 0.972 bits per heavy atom. The van der Waals surface area contributed by atoms with Gasteiger partial charge in [0.1, 0.15) is 0 Å². The van der Waals surface area contributed by atoms with Crippen LogP contribution in [0, 0.1) is 10.8 Å². The Balaban J connectivity index is 1.36. The molecule has 1 fully saturated rings. The fourth-order valence-corrected chi connectivity index (χ4v) is 4.24. The highest BCUT2D eigenvalue weighted by molar-refractivity contribution is 6.19. The highest BCUT2D eigenvalue weighted by Crippen LogP contribution is 2.24. The van der Waals surface area contributed by atoms with E-state index in [0.29, 0.717) is 43.3 Å². The van der Waals surface area contributed by atoms with Crippen molar-refractivity contribution in [3.05, 3.63) is 95.6 Å². The summed E-state index contributed by atoms with van der Waals surface area (Å²) >= 11 is 0. The molecular formula is C27H26N6O3. The average molecular weight is 483 g/mol. The molecule has 1 amide bonds. The number of benzodiazepines with no additional fused rings is 1. The standard InChI is InChI=1S/C27H26N6O3/c28-24(20-11-5-7-13-22(20)33-14-16-35-17-15-33)36-27(29)32-25-26(34)30-21-12-6-4-10-19(21)23(31-25)18-8-2-1-3-9-18/h1-13,25,28H,14-17H2,(H2,29,32)(H,30,34)/t25-/m1/s1. The summed E-state index contributed by atoms with van der Waals surface area (Å²) in [6.45, 7) is 2.64. The first-order valence-electron chi connectivity index (χ1n) is 11.7. The summed E-state index contributed by atoms with van der Waals surface area (Å²) in [5.41, 5.74) is 4.26. The molecule has 0 unspecified atom stereocenters. The number of amides is 1. The minimum Gasteiger partial charge on any atom is -0.407 e. The van der Waals surface area contributed by atoms with Crippen LogP contribution in [0.25, 0.3) is 0 Å². The fourth-order valence-electron chi connectivity index (χ4n) is 4.24. The Labute approximate surface area is 208 Å². The molecule has 1 saturated heterocycles. The first kappa shape index (κ1) is 23.3. The van der Waals surface area contributed by atoms with Gasteiger partial charge in [-0.25, -0.2) is 4.99 Å². The number of para-hydroxylation sites is 2. The molecule has 0 spiro atoms. The smallest absolute Gasteiger partial charge is 0.290 e. The minimum absolute atomic E-state index is 0.195. The normalized spacial score (nSPS) is 17.2. The number of hydrogen-bond acceptors (Lipinski definition) is 7. The molecule has 0 saturated carbocycles. The molecule has 5 rings (SSSR count). The molecule has 182 valence electrons. The van der Waals surface area contributed by atoms with Gasteiger partial charge < -0.3 is 25.0 Å². The van der Waals surface area contributed by atoms with E-state index in [9.17, 15) is 4.79 Å². The van der Waals surface area contributed by atoms with E-state index in [1.807, 2.05) is 72.8 Å². The second kappa shape index (κ2) is 10.4. The summed E-state index contributed by atoms with van der Waals surface area (Å²) in [6, 6.07) is 24.0. The molecule has 1 atom stereocenters. The Hall–Kier alpha value is -4.50. The quantitative estimate of drug-likeness (QED) is 0.336. The van der Waals surface area contributed by atoms with Crippen molar-refractivity contribution >= 4 is 34.9 Å². The van der Waals surface area contributed by atoms with E-state index in [1.165, 1.54) is 0 Å². The lowest BCUT2D eigenvalue weighted by atomic mass is 10.0. The van der Waals surface area contributed by atoms with Gasteiger partial charge in [0.25, 0.3) is 11.9 Å². The van der Waals surface area contributed by atoms with Gasteiger partial charge >= 0.3 is 0 Å². The van der Waals surface area contributed by atoms with Gasteiger partial charge in [0.2, 0.25) is 12.1 Å². The Kier molecular flexibility index (Phi) is 6.72. The van der Waals surface area contributed by atoms with Gasteiger partial charge in [-0.3, -0.25) is 15.6 Å². The number of nitrogens with one attached hydrogen (secondary N) is 4. The number of morpholine rings is 1. The van der Waals surface area contributed by atoms with Crippen LogP contribution in [0.15, 0.2) is 83.9 Å². The molecule has 0 aromatic heterocycles. The lowest BCUT2D eigenvalue weighted by molar-refractivity contribution is -0.117. The molecule has 36 heavy (non-hydrogen) atoms. The number of amidine groups is 1. The van der Waals surface area contributed by atoms with E-state index in [1.54, 1.807) is 6.07 Å². The molecule has 3 aromatic rings. The van der Waals surface area contributed by atoms with Gasteiger partial charge in [0.15, 0.2) is 0 Å². The molecule has 0 aliphatic carbocycles. The number of ether oxygens (including phenoxy) is 2. The Bertz CT molecular complexity index is 1320. The van der Waals surface area contributed by atoms with Crippen LogP contribution in [0.1, 0.15) is 16.7 Å². The zero-order valence-electron chi connectivity index (χ0n) is 19.5. The van der Waals surface area contributed by atoms with Crippen LogP contribution < -0.4 is 15.5 Å². The zero-order valence-corrected chi connectivity index (χ0v) is 19.5. The molecule has 0 bridgehead atoms. The Morgan fingerprint density at radius 2 is 1.67 bits per heavy atom. The van der Waals surface area contributed by atoms with E-state index < -0.39 is 18.1 Å². The van der Waals surface area contributed by atoms with E-state index in [-0.39, 0.29) is 5.90 Å². The maximum absolute atomic E-state index is 13.0. The number of hydrogen-bond donors (Lipinski definition) is 4. The molecule has 2 aliphatic rings. The van der Waals surface area contributed by atoms with E-state index in [2.05, 4.69) is 20.5 Å². The maximum Gasteiger partial charge on any atom is 0.290 e. The number of nitrogens with zero attached hydrogens (tertiary/aromatic N) is 2. The third kappa shape index (κ3) is 4.96. The van der Waals surface area contributed by atoms with Crippen LogP contribution in [0.5, 0.6) is 0 Å². The van der Waals surface area contributed by atoms with Gasteiger partial charge in [0, 0.05) is 29.9 Å². The summed E-state index contributed by atoms with van der Waals surface area (Å²) in [5, 5.41) is 22.5. The van der Waals surface area contributed by atoms with Crippen molar-refractivity contribution in [1.82, 2.24) is 5.32 Å². The third-order valence-corrected chi connectivity index (χ3v) is 5.97. The molecule has 3 aromatic carbocycles. The number of aliphatic imine (C=N–C) groups is 1. The maximum atomic E-state index is 13.0. The van der Waals surface area contributed by atoms with Gasteiger partial charge in [-0.15, -0.1) is 0 Å². The van der Waals surface area contributed by atoms with Crippen molar-refractivity contribution in [3.8, 4) is 0 Å². The van der Waals surface area contributed by atoms with Gasteiger partial charge in [-0.1, -0.05) is 60.7 Å². The summed E-state index contributed by atoms with van der Waals surface area (Å²) in [4.78, 5) is 19.8. The average Bonchev–Trinajstić information content (AvgIpc) is 3.05. The zero-order chi connectivity index (χ0) is 24.9. The van der Waals surface area contributed by atoms with Crippen molar-refractivity contribution < 1.29 is 14.3 Å². The number of rotatable bonds is 4. The Morgan fingerprint density at radius 3 is 2.47 bits per heavy atom. The predicted molar refractivity (Wildman–Crippen MR) is 139 cm³/mol. The van der Waals surface area contributed by atoms with Crippen LogP contribution in [0.2, 0.25) is 0 Å². The van der Waals surface area contributed by atoms with Crippen molar-refractivity contribution in [3.63, 3.8) is 0 Å². The highest BCUT2D eigenvalue weighted by Gasteiger charge is 2.27. The second-order valence-corrected chi connectivity index (χ2v) is 8.30. The van der Waals surface area contributed by atoms with Crippen molar-refractivity contribution in [2.45, 2.75) is 6.17 Å². The monoisotopic (exact) mass is 482 g/mol. The van der Waals surface area contributed by atoms with Gasteiger partial charge in [-0.05, 0) is 18.2 Å². The van der Waals surface area contributed by atoms with E-state index in [4.69, 9.17) is 20.3 Å². The summed E-state index contributed by atoms with van der Waals surface area (Å²) in [7, 11) is 0. The van der Waals surface area contributed by atoms with E-state index >= 15 is 0 Å². The number of carbonyl (C=O) groups excluding carboxylic acids is 1. The molecule has 0 radical (unpaired) electrons. The molecule has 4 N–H and O–H groups in total. The molecule has 2 aliphatic heterocycles. The molecule has 9 nitrogen and oxygen atoms in total. The van der Waals surface area contributed by atoms with Crippen LogP contribution in [0.3, 0.4) is 0 Å². The lowest BCUT2D eigenvalue weighted by Gasteiger charge is -2.30. The topological polar surface area (TPSA) is 123 Å². The largest absolute Gasteiger partial charge is 0.407 e. The fraction of sp³-hybridized carbons (Fsp3) is 0.185. The summed E-state index contributed by atoms with van der Waals surface area (Å²) in [6.07, 6.45) is -1.12. The van der Waals surface area contributed by atoms with Crippen molar-refractivity contribution in [1.29, 1.82) is 10.8 Å². The van der Waals surface area contributed by atoms with Crippen LogP contribution in [-0.2, 0) is 14.3 Å². The summed E-state index contributed by atoms with van der Waals surface area (Å²) in [5.74, 6) is -0.624. The second-order valence-electron chi connectivity index (χ2n) is 8.30. The lowest BCUT2D eigenvalue weighted by Crippen LogP contribution is -2.43. The van der Waals surface area contributed by atoms with Gasteiger partial charge in [-0.2, -0.15) is 0 Å². The van der Waals surface area contributed by atoms with Crippen LogP contribution in [-0.4, -0.2) is 56.0 Å². The van der Waals surface area contributed by atoms with Crippen LogP contribution >= 0.6 is 0 Å². The highest BCUT2D eigenvalue weighted by atomic mass is 16.5. The third-order valence-electron chi connectivity index (χ3n) is 5.97. The molecule has 2 heterocycles. The van der Waals surface area contributed by atoms with Crippen molar-refractivity contribution in [2.75, 3.05) is 36.5 Å². The predicted octanol–water partition coefficient (Wildman–Crippen LogP) is 3.21. The SMILES string of the molecule is N=C(N[C@H]1N=C(c2ccccc2)c2ccccc2NC1=O)OC(=N)c1ccccc1N1CCOCC1. The number of carbonyl (C=O) groups is 1. The first-order chi connectivity index (χ1) is 17.6. The van der Waals surface area contributed by atoms with Crippen LogP contribution in [0.4, 0.5) is 11.4 Å². The van der Waals surface area contributed by atoms with E-state index in [0.717, 1.165) is 16.8 Å². The summed E-state index contributed by atoms with van der Waals surface area (Å²) < 4.78 is 11.0. The van der Waals surface area contributed by atoms with Crippen molar-refractivity contribution in [2.24, 2.45) is 4.99 Å². The molecule has 9 heteroatoms. The number of anilines is 2. The minimum atomic E-state index is -1.12. The molecular weight excluding hydrogens is 456 g/mol. The number of benzene rings is 3. The number of fused-ring (bicyclic) bond motifs is 1.